The van der Waals surface area contributed by atoms with Crippen molar-refractivity contribution in [3.05, 3.63) is 29.8 Å². The van der Waals surface area contributed by atoms with Crippen molar-refractivity contribution in [1.82, 2.24) is 15.5 Å². The summed E-state index contributed by atoms with van der Waals surface area (Å²) in [4.78, 5) is 13.8. The highest BCUT2D eigenvalue weighted by atomic mass is 16.5. The average Bonchev–Trinajstić information content (AvgIpc) is 2.89. The van der Waals surface area contributed by atoms with Crippen molar-refractivity contribution in [2.24, 2.45) is 0 Å². The van der Waals surface area contributed by atoms with Gasteiger partial charge in [-0.05, 0) is 57.5 Å². The Kier molecular flexibility index (Phi) is 3.77. The van der Waals surface area contributed by atoms with Gasteiger partial charge >= 0.3 is 6.03 Å². The number of carbonyl (C=O) groups is 1. The second-order valence-electron chi connectivity index (χ2n) is 6.75. The zero-order valence-electron chi connectivity index (χ0n) is 13.6. The number of ether oxygens (including phenoxy) is 1. The van der Waals surface area contributed by atoms with Crippen LogP contribution in [0.25, 0.3) is 0 Å². The number of carbonyl (C=O) groups excluding carboxylic acids is 1. The first-order chi connectivity index (χ1) is 10.5. The van der Waals surface area contributed by atoms with Gasteiger partial charge in [-0.3, -0.25) is 4.90 Å². The molecule has 5 nitrogen and oxygen atoms in total. The van der Waals surface area contributed by atoms with Crippen molar-refractivity contribution >= 4 is 6.03 Å². The third kappa shape index (κ3) is 2.43. The van der Waals surface area contributed by atoms with Gasteiger partial charge in [0, 0.05) is 12.1 Å². The van der Waals surface area contributed by atoms with Crippen molar-refractivity contribution < 1.29 is 9.53 Å². The summed E-state index contributed by atoms with van der Waals surface area (Å²) >= 11 is 0. The fourth-order valence-corrected chi connectivity index (χ4v) is 3.93. The van der Waals surface area contributed by atoms with E-state index in [2.05, 4.69) is 47.8 Å². The Bertz CT molecular complexity index is 563. The van der Waals surface area contributed by atoms with Gasteiger partial charge in [0.1, 0.15) is 5.75 Å². The van der Waals surface area contributed by atoms with Gasteiger partial charge < -0.3 is 15.4 Å². The van der Waals surface area contributed by atoms with Gasteiger partial charge in [0.15, 0.2) is 0 Å². The standard InChI is InChI=1S/C17H25N3O2/c1-20(2)17(13-5-4-6-14(11-13)22-3)9-7-16(8-10-17)12-18-15(21)19-16/h4-6,11H,7-10,12H2,1-3H3,(H2,18,19,21)/t16-,17-. The lowest BCUT2D eigenvalue weighted by atomic mass is 9.69. The van der Waals surface area contributed by atoms with Gasteiger partial charge in [-0.1, -0.05) is 12.1 Å². The molecule has 2 N–H and O–H groups in total. The van der Waals surface area contributed by atoms with Gasteiger partial charge in [-0.2, -0.15) is 0 Å². The van der Waals surface area contributed by atoms with E-state index in [1.165, 1.54) is 5.56 Å². The van der Waals surface area contributed by atoms with E-state index in [9.17, 15) is 4.79 Å². The number of nitrogens with one attached hydrogen (secondary N) is 2. The molecule has 0 bridgehead atoms. The zero-order valence-corrected chi connectivity index (χ0v) is 13.6. The molecule has 2 fully saturated rings. The fourth-order valence-electron chi connectivity index (χ4n) is 3.93. The summed E-state index contributed by atoms with van der Waals surface area (Å²) in [6.07, 6.45) is 4.02. The van der Waals surface area contributed by atoms with Crippen molar-refractivity contribution in [3.8, 4) is 5.75 Å². The molecule has 1 aliphatic heterocycles. The third-order valence-electron chi connectivity index (χ3n) is 5.46. The molecule has 22 heavy (non-hydrogen) atoms. The monoisotopic (exact) mass is 303 g/mol. The summed E-state index contributed by atoms with van der Waals surface area (Å²) in [5.74, 6) is 0.898. The molecular weight excluding hydrogens is 278 g/mol. The third-order valence-corrected chi connectivity index (χ3v) is 5.46. The first kappa shape index (κ1) is 15.2. The zero-order chi connectivity index (χ0) is 15.8. The summed E-state index contributed by atoms with van der Waals surface area (Å²) in [5, 5.41) is 6.04. The number of methoxy groups -OCH3 is 1. The van der Waals surface area contributed by atoms with Crippen LogP contribution < -0.4 is 15.4 Å². The lowest BCUT2D eigenvalue weighted by Crippen LogP contribution is -2.53. The van der Waals surface area contributed by atoms with E-state index in [1.54, 1.807) is 7.11 Å². The van der Waals surface area contributed by atoms with E-state index in [0.29, 0.717) is 0 Å². The molecule has 1 heterocycles. The fraction of sp³-hybridized carbons (Fsp3) is 0.588. The highest BCUT2D eigenvalue weighted by Crippen LogP contribution is 2.45. The van der Waals surface area contributed by atoms with Gasteiger partial charge in [-0.15, -0.1) is 0 Å². The Balaban J connectivity index is 1.87. The number of rotatable bonds is 3. The highest BCUT2D eigenvalue weighted by molar-refractivity contribution is 5.77. The van der Waals surface area contributed by atoms with Crippen LogP contribution in [0.2, 0.25) is 0 Å². The maximum atomic E-state index is 11.5. The van der Waals surface area contributed by atoms with Crippen molar-refractivity contribution in [3.63, 3.8) is 0 Å². The van der Waals surface area contributed by atoms with Gasteiger partial charge in [-0.25, -0.2) is 4.79 Å². The average molecular weight is 303 g/mol. The summed E-state index contributed by atoms with van der Waals surface area (Å²) < 4.78 is 5.39. The molecule has 2 aliphatic rings. The molecule has 1 aromatic rings. The van der Waals surface area contributed by atoms with Crippen LogP contribution in [0.5, 0.6) is 5.75 Å². The van der Waals surface area contributed by atoms with Crippen molar-refractivity contribution in [1.29, 1.82) is 0 Å². The second kappa shape index (κ2) is 5.47. The van der Waals surface area contributed by atoms with Crippen LogP contribution in [-0.2, 0) is 5.54 Å². The number of hydrogen-bond donors (Lipinski definition) is 2. The topological polar surface area (TPSA) is 53.6 Å². The van der Waals surface area contributed by atoms with Gasteiger partial charge in [0.25, 0.3) is 0 Å². The molecule has 3 rings (SSSR count). The van der Waals surface area contributed by atoms with E-state index in [-0.39, 0.29) is 17.1 Å². The Morgan fingerprint density at radius 2 is 1.91 bits per heavy atom. The first-order valence-corrected chi connectivity index (χ1v) is 7.88. The van der Waals surface area contributed by atoms with E-state index in [1.807, 2.05) is 6.07 Å². The minimum Gasteiger partial charge on any atom is -0.497 e. The molecule has 0 radical (unpaired) electrons. The summed E-state index contributed by atoms with van der Waals surface area (Å²) in [7, 11) is 5.99. The predicted molar refractivity (Wildman–Crippen MR) is 86.1 cm³/mol. The lowest BCUT2D eigenvalue weighted by molar-refractivity contribution is 0.0651. The molecular formula is C17H25N3O2. The predicted octanol–water partition coefficient (Wildman–Crippen LogP) is 2.08. The maximum Gasteiger partial charge on any atom is 0.315 e. The first-order valence-electron chi connectivity index (χ1n) is 7.88. The normalized spacial score (nSPS) is 31.2. The molecule has 5 heteroatoms. The van der Waals surface area contributed by atoms with E-state index in [0.717, 1.165) is 38.0 Å². The van der Waals surface area contributed by atoms with Crippen molar-refractivity contribution in [2.75, 3.05) is 27.7 Å². The molecule has 0 aromatic heterocycles. The molecule has 1 aromatic carbocycles. The highest BCUT2D eigenvalue weighted by Gasteiger charge is 2.47. The Hall–Kier alpha value is -1.75. The largest absolute Gasteiger partial charge is 0.497 e. The van der Waals surface area contributed by atoms with Crippen LogP contribution in [0.4, 0.5) is 4.79 Å². The Morgan fingerprint density at radius 3 is 2.45 bits per heavy atom. The number of hydrogen-bond acceptors (Lipinski definition) is 3. The quantitative estimate of drug-likeness (QED) is 0.899. The van der Waals surface area contributed by atoms with Crippen LogP contribution in [0.1, 0.15) is 31.2 Å². The van der Waals surface area contributed by atoms with E-state index in [4.69, 9.17) is 4.74 Å². The van der Waals surface area contributed by atoms with Crippen LogP contribution >= 0.6 is 0 Å². The van der Waals surface area contributed by atoms with E-state index < -0.39 is 0 Å². The molecule has 1 spiro atoms. The molecule has 0 atom stereocenters. The number of amides is 2. The number of urea groups is 1. The summed E-state index contributed by atoms with van der Waals surface area (Å²) in [6, 6.07) is 8.34. The minimum atomic E-state index is -0.0601. The Labute approximate surface area is 132 Å². The molecule has 1 saturated heterocycles. The SMILES string of the molecule is COc1cccc([C@]2(N(C)C)CC[C@]3(CC2)CNC(=O)N3)c1. The Morgan fingerprint density at radius 1 is 1.18 bits per heavy atom. The van der Waals surface area contributed by atoms with Crippen LogP contribution in [0, 0.1) is 0 Å². The van der Waals surface area contributed by atoms with Crippen LogP contribution in [0.3, 0.4) is 0 Å². The summed E-state index contributed by atoms with van der Waals surface area (Å²) in [6.45, 7) is 0.744. The van der Waals surface area contributed by atoms with Crippen LogP contribution in [0.15, 0.2) is 24.3 Å². The van der Waals surface area contributed by atoms with E-state index >= 15 is 0 Å². The molecule has 1 aliphatic carbocycles. The summed E-state index contributed by atoms with van der Waals surface area (Å²) in [5.41, 5.74) is 1.24. The molecule has 2 amide bonds. The molecule has 1 saturated carbocycles. The van der Waals surface area contributed by atoms with Crippen LogP contribution in [-0.4, -0.2) is 44.2 Å². The lowest BCUT2D eigenvalue weighted by Gasteiger charge is -2.48. The number of benzene rings is 1. The maximum absolute atomic E-state index is 11.5. The molecule has 0 unspecified atom stereocenters. The smallest absolute Gasteiger partial charge is 0.315 e. The molecule has 120 valence electrons. The second-order valence-corrected chi connectivity index (χ2v) is 6.75. The minimum absolute atomic E-state index is 0.00705. The van der Waals surface area contributed by atoms with Gasteiger partial charge in [0.2, 0.25) is 0 Å². The van der Waals surface area contributed by atoms with Gasteiger partial charge in [0.05, 0.1) is 12.6 Å². The number of nitrogens with zero attached hydrogens (tertiary/aromatic N) is 1. The van der Waals surface area contributed by atoms with Crippen molar-refractivity contribution in [2.45, 2.75) is 36.8 Å².